The third kappa shape index (κ3) is 6.17. The second-order valence-electron chi connectivity index (χ2n) is 7.27. The zero-order valence-corrected chi connectivity index (χ0v) is 17.3. The van der Waals surface area contributed by atoms with Crippen molar-refractivity contribution in [1.82, 2.24) is 15.1 Å². The Labute approximate surface area is 173 Å². The summed E-state index contributed by atoms with van der Waals surface area (Å²) in [7, 11) is 0. The summed E-state index contributed by atoms with van der Waals surface area (Å²) in [5.41, 5.74) is 5.35. The molecule has 3 aliphatic rings. The zero-order chi connectivity index (χ0) is 17.7. The molecule has 3 rings (SSSR count). The van der Waals surface area contributed by atoms with Crippen molar-refractivity contribution < 1.29 is 19.1 Å². The number of hydrogen-bond acceptors (Lipinski definition) is 6. The second-order valence-corrected chi connectivity index (χ2v) is 7.27. The van der Waals surface area contributed by atoms with Crippen molar-refractivity contribution in [3.63, 3.8) is 0 Å². The number of carbonyl (C=O) groups excluding carboxylic acids is 2. The van der Waals surface area contributed by atoms with Crippen molar-refractivity contribution in [3.05, 3.63) is 0 Å². The fourth-order valence-corrected chi connectivity index (χ4v) is 3.80. The number of halogens is 2. The Balaban J connectivity index is 0.00000182. The number of nitrogens with two attached hydrogens (primary N) is 1. The molecule has 3 heterocycles. The molecule has 0 aromatic heterocycles. The van der Waals surface area contributed by atoms with Gasteiger partial charge in [0.2, 0.25) is 11.8 Å². The Hall–Kier alpha value is -0.640. The molecule has 8 nitrogen and oxygen atoms in total. The molecule has 3 saturated heterocycles. The van der Waals surface area contributed by atoms with E-state index in [4.69, 9.17) is 15.2 Å². The van der Waals surface area contributed by atoms with E-state index in [2.05, 4.69) is 10.2 Å². The number of nitrogens with zero attached hydrogens (tertiary/aromatic N) is 2. The van der Waals surface area contributed by atoms with E-state index in [0.29, 0.717) is 52.1 Å². The standard InChI is InChI=1S/C17H30N4O4.2ClH/c18-13-17(1-7-24-8-2-17)16(23)19-14-11-15(22)21(12-14)4-3-20-5-9-25-10-6-20;;/h14H,1-13,18H2,(H,19,23);2*1H. The first-order chi connectivity index (χ1) is 12.1. The molecule has 0 radical (unpaired) electrons. The lowest BCUT2D eigenvalue weighted by Crippen LogP contribution is -2.52. The average molecular weight is 427 g/mol. The number of carbonyl (C=O) groups is 2. The highest BCUT2D eigenvalue weighted by molar-refractivity contribution is 5.86. The highest BCUT2D eigenvalue weighted by Gasteiger charge is 2.41. The second kappa shape index (κ2) is 11.4. The lowest BCUT2D eigenvalue weighted by Gasteiger charge is -2.35. The van der Waals surface area contributed by atoms with Crippen LogP contribution in [0.25, 0.3) is 0 Å². The van der Waals surface area contributed by atoms with Gasteiger partial charge in [-0.15, -0.1) is 24.8 Å². The van der Waals surface area contributed by atoms with Crippen LogP contribution in [-0.4, -0.2) is 93.4 Å². The number of morpholine rings is 1. The third-order valence-electron chi connectivity index (χ3n) is 5.66. The van der Waals surface area contributed by atoms with Crippen molar-refractivity contribution in [3.8, 4) is 0 Å². The van der Waals surface area contributed by atoms with E-state index in [1.165, 1.54) is 0 Å². The highest BCUT2D eigenvalue weighted by Crippen LogP contribution is 2.30. The predicted octanol–water partition coefficient (Wildman–Crippen LogP) is -0.365. The number of ether oxygens (including phenoxy) is 2. The van der Waals surface area contributed by atoms with Gasteiger partial charge in [-0.3, -0.25) is 14.5 Å². The predicted molar refractivity (Wildman–Crippen MR) is 106 cm³/mol. The first-order valence-corrected chi connectivity index (χ1v) is 9.30. The average Bonchev–Trinajstić information content (AvgIpc) is 3.00. The lowest BCUT2D eigenvalue weighted by molar-refractivity contribution is -0.136. The molecule has 0 aliphatic carbocycles. The molecular formula is C17H32Cl2N4O4. The van der Waals surface area contributed by atoms with Crippen LogP contribution < -0.4 is 11.1 Å². The van der Waals surface area contributed by atoms with Gasteiger partial charge in [0.1, 0.15) is 0 Å². The number of likely N-dealkylation sites (tertiary alicyclic amines) is 1. The fourth-order valence-electron chi connectivity index (χ4n) is 3.80. The van der Waals surface area contributed by atoms with E-state index in [9.17, 15) is 9.59 Å². The normalized spacial score (nSPS) is 25.4. The van der Waals surface area contributed by atoms with Gasteiger partial charge in [0.15, 0.2) is 0 Å². The van der Waals surface area contributed by atoms with E-state index >= 15 is 0 Å². The van der Waals surface area contributed by atoms with Crippen LogP contribution in [0.1, 0.15) is 19.3 Å². The van der Waals surface area contributed by atoms with Crippen LogP contribution >= 0.6 is 24.8 Å². The molecule has 1 atom stereocenters. The van der Waals surface area contributed by atoms with E-state index in [0.717, 1.165) is 32.8 Å². The fraction of sp³-hybridized carbons (Fsp3) is 0.882. The Bertz CT molecular complexity index is 486. The number of amides is 2. The molecule has 0 bridgehead atoms. The molecule has 1 unspecified atom stereocenters. The molecule has 0 spiro atoms. The Kier molecular flexibility index (Phi) is 10.3. The SMILES string of the molecule is Cl.Cl.NCC1(C(=O)NC2CC(=O)N(CCN3CCOCC3)C2)CCOCC1. The molecule has 0 aromatic carbocycles. The van der Waals surface area contributed by atoms with Crippen LogP contribution in [0.2, 0.25) is 0 Å². The summed E-state index contributed by atoms with van der Waals surface area (Å²) in [5.74, 6) is 0.0958. The van der Waals surface area contributed by atoms with E-state index in [1.54, 1.807) is 0 Å². The molecule has 158 valence electrons. The molecule has 3 N–H and O–H groups in total. The van der Waals surface area contributed by atoms with Crippen molar-refractivity contribution in [2.24, 2.45) is 11.1 Å². The lowest BCUT2D eigenvalue weighted by atomic mass is 9.79. The molecule has 27 heavy (non-hydrogen) atoms. The molecule has 3 fully saturated rings. The summed E-state index contributed by atoms with van der Waals surface area (Å²) in [4.78, 5) is 29.2. The summed E-state index contributed by atoms with van der Waals surface area (Å²) in [6.45, 7) is 6.98. The van der Waals surface area contributed by atoms with Crippen molar-refractivity contribution in [2.45, 2.75) is 25.3 Å². The van der Waals surface area contributed by atoms with Gasteiger partial charge >= 0.3 is 0 Å². The van der Waals surface area contributed by atoms with Crippen LogP contribution in [0.5, 0.6) is 0 Å². The summed E-state index contributed by atoms with van der Waals surface area (Å²) in [5, 5.41) is 3.07. The molecule has 0 saturated carbocycles. The Morgan fingerprint density at radius 3 is 2.37 bits per heavy atom. The summed E-state index contributed by atoms with van der Waals surface area (Å²) in [6, 6.07) is -0.115. The molecule has 10 heteroatoms. The maximum absolute atomic E-state index is 12.7. The Morgan fingerprint density at radius 1 is 1.11 bits per heavy atom. The molecule has 0 aromatic rings. The largest absolute Gasteiger partial charge is 0.381 e. The minimum absolute atomic E-state index is 0. The number of hydrogen-bond donors (Lipinski definition) is 2. The maximum atomic E-state index is 12.7. The minimum atomic E-state index is -0.539. The molecule has 2 amide bonds. The third-order valence-corrected chi connectivity index (χ3v) is 5.66. The van der Waals surface area contributed by atoms with Crippen LogP contribution in [-0.2, 0) is 19.1 Å². The van der Waals surface area contributed by atoms with Crippen molar-refractivity contribution >= 4 is 36.6 Å². The first kappa shape index (κ1) is 24.4. The highest BCUT2D eigenvalue weighted by atomic mass is 35.5. The molecular weight excluding hydrogens is 395 g/mol. The topological polar surface area (TPSA) is 97.1 Å². The molecule has 3 aliphatic heterocycles. The van der Waals surface area contributed by atoms with Gasteiger partial charge in [-0.05, 0) is 12.8 Å². The first-order valence-electron chi connectivity index (χ1n) is 9.30. The van der Waals surface area contributed by atoms with Crippen molar-refractivity contribution in [2.75, 3.05) is 65.7 Å². The Morgan fingerprint density at radius 2 is 1.74 bits per heavy atom. The monoisotopic (exact) mass is 426 g/mol. The van der Waals surface area contributed by atoms with Crippen LogP contribution in [0.3, 0.4) is 0 Å². The number of nitrogens with one attached hydrogen (secondary N) is 1. The summed E-state index contributed by atoms with van der Waals surface area (Å²) >= 11 is 0. The van der Waals surface area contributed by atoms with E-state index in [-0.39, 0.29) is 42.7 Å². The quantitative estimate of drug-likeness (QED) is 0.601. The van der Waals surface area contributed by atoms with Gasteiger partial charge in [-0.25, -0.2) is 0 Å². The summed E-state index contributed by atoms with van der Waals surface area (Å²) in [6.07, 6.45) is 1.68. The smallest absolute Gasteiger partial charge is 0.227 e. The van der Waals surface area contributed by atoms with Gasteiger partial charge < -0.3 is 25.4 Å². The van der Waals surface area contributed by atoms with Crippen LogP contribution in [0, 0.1) is 5.41 Å². The zero-order valence-electron chi connectivity index (χ0n) is 15.7. The van der Waals surface area contributed by atoms with Gasteiger partial charge in [0, 0.05) is 58.9 Å². The summed E-state index contributed by atoms with van der Waals surface area (Å²) < 4.78 is 10.7. The van der Waals surface area contributed by atoms with Crippen molar-refractivity contribution in [1.29, 1.82) is 0 Å². The van der Waals surface area contributed by atoms with Gasteiger partial charge in [-0.2, -0.15) is 0 Å². The van der Waals surface area contributed by atoms with E-state index < -0.39 is 5.41 Å². The maximum Gasteiger partial charge on any atom is 0.227 e. The minimum Gasteiger partial charge on any atom is -0.381 e. The van der Waals surface area contributed by atoms with Gasteiger partial charge in [-0.1, -0.05) is 0 Å². The van der Waals surface area contributed by atoms with Gasteiger partial charge in [0.25, 0.3) is 0 Å². The van der Waals surface area contributed by atoms with E-state index in [1.807, 2.05) is 4.90 Å². The van der Waals surface area contributed by atoms with Crippen LogP contribution in [0.15, 0.2) is 0 Å². The number of rotatable bonds is 6. The van der Waals surface area contributed by atoms with Crippen LogP contribution in [0.4, 0.5) is 0 Å². The van der Waals surface area contributed by atoms with Gasteiger partial charge in [0.05, 0.1) is 24.7 Å².